The monoisotopic (exact) mass is 363 g/mol. The SMILES string of the molecule is CCN(CC)C(=O)OCC(COC(=O)c1ccccc1)(C(C)C)C(C)C. The number of benzene rings is 1. The van der Waals surface area contributed by atoms with Gasteiger partial charge in [0.05, 0.1) is 5.56 Å². The Labute approximate surface area is 157 Å². The predicted octanol–water partition coefficient (Wildman–Crippen LogP) is 4.62. The quantitative estimate of drug-likeness (QED) is 0.601. The lowest BCUT2D eigenvalue weighted by Crippen LogP contribution is -2.45. The third kappa shape index (κ3) is 5.48. The second-order valence-corrected chi connectivity index (χ2v) is 7.21. The molecule has 146 valence electrons. The van der Waals surface area contributed by atoms with E-state index in [9.17, 15) is 9.59 Å². The highest BCUT2D eigenvalue weighted by Gasteiger charge is 2.40. The minimum atomic E-state index is -0.437. The summed E-state index contributed by atoms with van der Waals surface area (Å²) >= 11 is 0. The van der Waals surface area contributed by atoms with Crippen LogP contribution >= 0.6 is 0 Å². The van der Waals surface area contributed by atoms with E-state index < -0.39 is 5.41 Å². The molecule has 5 nitrogen and oxygen atoms in total. The molecule has 0 heterocycles. The van der Waals surface area contributed by atoms with Crippen LogP contribution in [0.3, 0.4) is 0 Å². The third-order valence-corrected chi connectivity index (χ3v) is 5.27. The maximum Gasteiger partial charge on any atom is 0.409 e. The zero-order chi connectivity index (χ0) is 19.7. The van der Waals surface area contributed by atoms with E-state index in [4.69, 9.17) is 9.47 Å². The number of nitrogens with zero attached hydrogens (tertiary/aromatic N) is 1. The summed E-state index contributed by atoms with van der Waals surface area (Å²) in [6.07, 6.45) is -0.324. The van der Waals surface area contributed by atoms with Gasteiger partial charge in [-0.3, -0.25) is 0 Å². The summed E-state index contributed by atoms with van der Waals surface area (Å²) in [5.41, 5.74) is 0.0850. The summed E-state index contributed by atoms with van der Waals surface area (Å²) in [6, 6.07) is 8.93. The molecule has 5 heteroatoms. The number of carbonyl (C=O) groups excluding carboxylic acids is 2. The average Bonchev–Trinajstić information content (AvgIpc) is 2.62. The van der Waals surface area contributed by atoms with E-state index >= 15 is 0 Å². The molecule has 0 N–H and O–H groups in total. The molecule has 1 aromatic rings. The molecule has 1 aromatic carbocycles. The zero-order valence-electron chi connectivity index (χ0n) is 17.0. The van der Waals surface area contributed by atoms with Crippen molar-refractivity contribution in [3.05, 3.63) is 35.9 Å². The Morgan fingerprint density at radius 2 is 1.42 bits per heavy atom. The molecule has 0 unspecified atom stereocenters. The van der Waals surface area contributed by atoms with Crippen LogP contribution in [-0.4, -0.2) is 43.3 Å². The molecule has 0 bridgehead atoms. The number of hydrogen-bond acceptors (Lipinski definition) is 4. The van der Waals surface area contributed by atoms with Gasteiger partial charge in [-0.15, -0.1) is 0 Å². The second-order valence-electron chi connectivity index (χ2n) is 7.21. The molecule has 0 aromatic heterocycles. The van der Waals surface area contributed by atoms with Crippen LogP contribution in [0.2, 0.25) is 0 Å². The van der Waals surface area contributed by atoms with Crippen molar-refractivity contribution in [2.24, 2.45) is 17.3 Å². The molecule has 0 aliphatic rings. The van der Waals surface area contributed by atoms with Crippen molar-refractivity contribution in [1.82, 2.24) is 4.90 Å². The van der Waals surface area contributed by atoms with Crippen LogP contribution < -0.4 is 0 Å². The predicted molar refractivity (Wildman–Crippen MR) is 103 cm³/mol. The molecule has 26 heavy (non-hydrogen) atoms. The molecule has 0 saturated carbocycles. The van der Waals surface area contributed by atoms with Crippen LogP contribution in [0.25, 0.3) is 0 Å². The topological polar surface area (TPSA) is 55.8 Å². The van der Waals surface area contributed by atoms with Crippen molar-refractivity contribution < 1.29 is 19.1 Å². The first kappa shape index (κ1) is 22.0. The van der Waals surface area contributed by atoms with Crippen molar-refractivity contribution in [2.75, 3.05) is 26.3 Å². The van der Waals surface area contributed by atoms with Gasteiger partial charge >= 0.3 is 12.1 Å². The van der Waals surface area contributed by atoms with E-state index in [-0.39, 0.29) is 37.1 Å². The summed E-state index contributed by atoms with van der Waals surface area (Å²) in [7, 11) is 0. The molecular weight excluding hydrogens is 330 g/mol. The van der Waals surface area contributed by atoms with Gasteiger partial charge in [0.25, 0.3) is 0 Å². The van der Waals surface area contributed by atoms with Crippen molar-refractivity contribution in [3.8, 4) is 0 Å². The van der Waals surface area contributed by atoms with Gasteiger partial charge in [0.15, 0.2) is 0 Å². The fourth-order valence-electron chi connectivity index (χ4n) is 3.00. The Balaban J connectivity index is 2.86. The summed E-state index contributed by atoms with van der Waals surface area (Å²) < 4.78 is 11.2. The van der Waals surface area contributed by atoms with Crippen LogP contribution in [0.1, 0.15) is 51.9 Å². The highest BCUT2D eigenvalue weighted by atomic mass is 16.6. The molecule has 0 radical (unpaired) electrons. The van der Waals surface area contributed by atoms with Crippen molar-refractivity contribution in [3.63, 3.8) is 0 Å². The first-order valence-electron chi connectivity index (χ1n) is 9.42. The Morgan fingerprint density at radius 3 is 1.88 bits per heavy atom. The van der Waals surface area contributed by atoms with E-state index in [1.807, 2.05) is 19.9 Å². The van der Waals surface area contributed by atoms with E-state index in [1.54, 1.807) is 29.2 Å². The average molecular weight is 363 g/mol. The van der Waals surface area contributed by atoms with Crippen molar-refractivity contribution in [2.45, 2.75) is 41.5 Å². The van der Waals surface area contributed by atoms with Gasteiger partial charge in [-0.1, -0.05) is 45.9 Å². The number of hydrogen-bond donors (Lipinski definition) is 0. The Hall–Kier alpha value is -2.04. The lowest BCUT2D eigenvalue weighted by molar-refractivity contribution is -0.0462. The molecule has 0 aliphatic carbocycles. The summed E-state index contributed by atoms with van der Waals surface area (Å²) in [5.74, 6) is -0.00232. The number of ether oxygens (including phenoxy) is 2. The van der Waals surface area contributed by atoms with E-state index in [0.29, 0.717) is 18.7 Å². The maximum absolute atomic E-state index is 12.3. The van der Waals surface area contributed by atoms with Crippen LogP contribution in [0.4, 0.5) is 4.79 Å². The lowest BCUT2D eigenvalue weighted by atomic mass is 9.70. The normalized spacial score (nSPS) is 11.5. The molecule has 1 amide bonds. The zero-order valence-corrected chi connectivity index (χ0v) is 17.0. The Bertz CT molecular complexity index is 557. The van der Waals surface area contributed by atoms with Gasteiger partial charge in [0, 0.05) is 18.5 Å². The lowest BCUT2D eigenvalue weighted by Gasteiger charge is -2.40. The molecule has 0 atom stereocenters. The molecule has 0 aliphatic heterocycles. The largest absolute Gasteiger partial charge is 0.461 e. The summed E-state index contributed by atoms with van der Waals surface area (Å²) in [5, 5.41) is 0. The van der Waals surface area contributed by atoms with Gasteiger partial charge in [-0.25, -0.2) is 9.59 Å². The Kier molecular flexibility index (Phi) is 8.62. The first-order valence-corrected chi connectivity index (χ1v) is 9.42. The minimum absolute atomic E-state index is 0.176. The molecule has 0 fully saturated rings. The van der Waals surface area contributed by atoms with E-state index in [0.717, 1.165) is 0 Å². The smallest absolute Gasteiger partial charge is 0.409 e. The van der Waals surface area contributed by atoms with Gasteiger partial charge in [-0.05, 0) is 37.8 Å². The summed E-state index contributed by atoms with van der Waals surface area (Å²) in [6.45, 7) is 13.8. The van der Waals surface area contributed by atoms with E-state index in [2.05, 4.69) is 27.7 Å². The maximum atomic E-state index is 12.3. The number of carbonyl (C=O) groups is 2. The fourth-order valence-corrected chi connectivity index (χ4v) is 3.00. The first-order chi connectivity index (χ1) is 12.3. The van der Waals surface area contributed by atoms with Crippen LogP contribution in [-0.2, 0) is 9.47 Å². The van der Waals surface area contributed by atoms with Crippen LogP contribution in [0.5, 0.6) is 0 Å². The molecule has 0 spiro atoms. The second kappa shape index (κ2) is 10.2. The molecule has 0 saturated heterocycles. The highest BCUT2D eigenvalue weighted by Crippen LogP contribution is 2.37. The van der Waals surface area contributed by atoms with Crippen LogP contribution in [0, 0.1) is 17.3 Å². The number of rotatable bonds is 9. The number of amides is 1. The molecular formula is C21H33NO4. The van der Waals surface area contributed by atoms with Crippen molar-refractivity contribution >= 4 is 12.1 Å². The highest BCUT2D eigenvalue weighted by molar-refractivity contribution is 5.89. The standard InChI is InChI=1S/C21H33NO4/c1-7-22(8-2)20(24)26-15-21(16(3)4,17(5)6)14-25-19(23)18-12-10-9-11-13-18/h9-13,16-17H,7-8,14-15H2,1-6H3. The number of esters is 1. The van der Waals surface area contributed by atoms with Gasteiger partial charge in [0.1, 0.15) is 13.2 Å². The fraction of sp³-hybridized carbons (Fsp3) is 0.619. The Morgan fingerprint density at radius 1 is 0.923 bits per heavy atom. The summed E-state index contributed by atoms with van der Waals surface area (Å²) in [4.78, 5) is 26.2. The molecule has 1 rings (SSSR count). The van der Waals surface area contributed by atoms with E-state index in [1.165, 1.54) is 0 Å². The third-order valence-electron chi connectivity index (χ3n) is 5.27. The van der Waals surface area contributed by atoms with Gasteiger partial charge in [-0.2, -0.15) is 0 Å². The van der Waals surface area contributed by atoms with Gasteiger partial charge < -0.3 is 14.4 Å². The minimum Gasteiger partial charge on any atom is -0.461 e. The van der Waals surface area contributed by atoms with Crippen LogP contribution in [0.15, 0.2) is 30.3 Å². The van der Waals surface area contributed by atoms with Crippen molar-refractivity contribution in [1.29, 1.82) is 0 Å². The van der Waals surface area contributed by atoms with Gasteiger partial charge in [0.2, 0.25) is 0 Å².